The zero-order chi connectivity index (χ0) is 37.7. The summed E-state index contributed by atoms with van der Waals surface area (Å²) in [5, 5.41) is 15.3. The van der Waals surface area contributed by atoms with Crippen LogP contribution < -0.4 is 0 Å². The molecular weight excluding hydrogens is 633 g/mol. The molecule has 7 rings (SSSR count). The van der Waals surface area contributed by atoms with Crippen LogP contribution in [0.25, 0.3) is 59.8 Å². The van der Waals surface area contributed by atoms with Crippen LogP contribution in [-0.4, -0.2) is 9.13 Å². The van der Waals surface area contributed by atoms with Crippen LogP contribution in [0.1, 0.15) is 111 Å². The summed E-state index contributed by atoms with van der Waals surface area (Å²) in [6.45, 7) is 35.4. The molecule has 7 aromatic rings. The molecule has 4 heteroatoms. The minimum atomic E-state index is -0.0250. The first kappa shape index (κ1) is 35.1. The molecule has 0 saturated carbocycles. The Balaban J connectivity index is 1.61. The Morgan fingerprint density at radius 1 is 0.462 bits per heavy atom. The summed E-state index contributed by atoms with van der Waals surface area (Å²) >= 11 is 0. The highest BCUT2D eigenvalue weighted by atomic mass is 15.0. The van der Waals surface area contributed by atoms with E-state index in [9.17, 15) is 5.26 Å². The van der Waals surface area contributed by atoms with Gasteiger partial charge in [0.25, 0.3) is 0 Å². The Morgan fingerprint density at radius 2 is 0.769 bits per heavy atom. The third-order valence-electron chi connectivity index (χ3n) is 10.8. The van der Waals surface area contributed by atoms with E-state index >= 15 is 0 Å². The van der Waals surface area contributed by atoms with E-state index in [1.54, 1.807) is 6.07 Å². The van der Waals surface area contributed by atoms with Crippen LogP contribution in [0.2, 0.25) is 0 Å². The minimum absolute atomic E-state index is 0.0240. The molecule has 0 N–H and O–H groups in total. The summed E-state index contributed by atoms with van der Waals surface area (Å²) in [6, 6.07) is 33.4. The fourth-order valence-corrected chi connectivity index (χ4v) is 7.54. The predicted octanol–water partition coefficient (Wildman–Crippen LogP) is 13.5. The van der Waals surface area contributed by atoms with Crippen molar-refractivity contribution in [2.75, 3.05) is 0 Å². The van der Waals surface area contributed by atoms with Crippen molar-refractivity contribution in [1.29, 1.82) is 5.26 Å². The number of aromatic nitrogens is 2. The van der Waals surface area contributed by atoms with Crippen molar-refractivity contribution in [3.05, 3.63) is 124 Å². The van der Waals surface area contributed by atoms with Gasteiger partial charge in [0.1, 0.15) is 0 Å². The van der Waals surface area contributed by atoms with Crippen LogP contribution in [0, 0.1) is 17.9 Å². The van der Waals surface area contributed by atoms with Crippen LogP contribution in [0.15, 0.2) is 84.9 Å². The van der Waals surface area contributed by atoms with Crippen LogP contribution >= 0.6 is 0 Å². The van der Waals surface area contributed by atoms with Crippen molar-refractivity contribution in [1.82, 2.24) is 9.13 Å². The van der Waals surface area contributed by atoms with Gasteiger partial charge in [0.05, 0.1) is 51.6 Å². The molecule has 0 aliphatic carbocycles. The number of fused-ring (bicyclic) bond motifs is 6. The summed E-state index contributed by atoms with van der Waals surface area (Å²) in [6.07, 6.45) is 0. The van der Waals surface area contributed by atoms with E-state index in [2.05, 4.69) is 182 Å². The molecule has 0 spiro atoms. The maximum Gasteiger partial charge on any atom is 0.212 e. The molecule has 0 radical (unpaired) electrons. The van der Waals surface area contributed by atoms with Gasteiger partial charge in [-0.25, -0.2) is 4.85 Å². The van der Waals surface area contributed by atoms with E-state index in [0.29, 0.717) is 11.3 Å². The number of benzene rings is 5. The smallest absolute Gasteiger partial charge is 0.212 e. The first-order chi connectivity index (χ1) is 24.2. The third-order valence-corrected chi connectivity index (χ3v) is 10.8. The van der Waals surface area contributed by atoms with Gasteiger partial charge in [-0.2, -0.15) is 5.26 Å². The molecule has 0 atom stereocenters. The number of hydrogen-bond acceptors (Lipinski definition) is 1. The third kappa shape index (κ3) is 5.66. The normalized spacial score (nSPS) is 13.0. The van der Waals surface area contributed by atoms with Gasteiger partial charge in [-0.3, -0.25) is 0 Å². The minimum Gasteiger partial charge on any atom is -0.319 e. The zero-order valence-corrected chi connectivity index (χ0v) is 32.9. The van der Waals surface area contributed by atoms with Gasteiger partial charge in [-0.15, -0.1) is 0 Å². The molecule has 0 fully saturated rings. The molecule has 0 unspecified atom stereocenters. The second kappa shape index (κ2) is 11.6. The Labute approximate surface area is 309 Å². The van der Waals surface area contributed by atoms with Crippen LogP contribution in [0.3, 0.4) is 0 Å². The summed E-state index contributed by atoms with van der Waals surface area (Å²) in [5.41, 5.74) is 11.6. The SMILES string of the molecule is [C-]#[N+]c1cc(C#N)c(-n2c3ccc(C(C)(C)C)cc3c3cc(C(C)(C)C)ccc32)cc1-n1c2ccc(C(C)(C)C)cc2c2cc(C(C)(C)C)ccc21. The molecule has 0 bridgehead atoms. The second-order valence-electron chi connectivity index (χ2n) is 18.7. The van der Waals surface area contributed by atoms with E-state index in [1.807, 2.05) is 0 Å². The lowest BCUT2D eigenvalue weighted by atomic mass is 9.85. The second-order valence-corrected chi connectivity index (χ2v) is 18.7. The van der Waals surface area contributed by atoms with Crippen molar-refractivity contribution in [2.24, 2.45) is 0 Å². The maximum atomic E-state index is 10.7. The fraction of sp³-hybridized carbons (Fsp3) is 0.333. The lowest BCUT2D eigenvalue weighted by molar-refractivity contribution is 0.590. The molecule has 0 aliphatic heterocycles. The average molecular weight is 683 g/mol. The summed E-state index contributed by atoms with van der Waals surface area (Å²) in [7, 11) is 0. The highest BCUT2D eigenvalue weighted by Crippen LogP contribution is 2.43. The predicted molar refractivity (Wildman–Crippen MR) is 221 cm³/mol. The average Bonchev–Trinajstić information content (AvgIpc) is 3.57. The highest BCUT2D eigenvalue weighted by Gasteiger charge is 2.25. The van der Waals surface area contributed by atoms with Gasteiger partial charge in [-0.1, -0.05) is 107 Å². The number of rotatable bonds is 2. The standard InChI is InChI=1S/C48H50N4/c1-45(2,3)30-14-18-39-34(23-30)35-24-31(46(4,5)6)15-19-40(35)51(39)43-27-44(38(50-13)22-29(43)28-49)52-41-20-16-32(47(7,8)9)25-36(41)37-26-33(48(10,11)12)17-21-42(37)52/h14-27H,1-12H3. The maximum absolute atomic E-state index is 10.7. The van der Waals surface area contributed by atoms with Crippen molar-refractivity contribution in [3.63, 3.8) is 0 Å². The van der Waals surface area contributed by atoms with Crippen molar-refractivity contribution in [3.8, 4) is 17.4 Å². The van der Waals surface area contributed by atoms with Crippen molar-refractivity contribution in [2.45, 2.75) is 105 Å². The molecule has 4 nitrogen and oxygen atoms in total. The Kier molecular flexibility index (Phi) is 7.83. The Bertz CT molecular complexity index is 2340. The van der Waals surface area contributed by atoms with E-state index in [0.717, 1.165) is 55.0 Å². The Morgan fingerprint density at radius 3 is 1.04 bits per heavy atom. The van der Waals surface area contributed by atoms with Crippen LogP contribution in [0.5, 0.6) is 0 Å². The Hall–Kier alpha value is -5.32. The molecule has 262 valence electrons. The van der Waals surface area contributed by atoms with Gasteiger partial charge in [0.2, 0.25) is 5.69 Å². The summed E-state index contributed by atoms with van der Waals surface area (Å²) in [5.74, 6) is 0. The molecule has 5 aromatic carbocycles. The fourth-order valence-electron chi connectivity index (χ4n) is 7.54. The highest BCUT2D eigenvalue weighted by molar-refractivity contribution is 6.12. The lowest BCUT2D eigenvalue weighted by Crippen LogP contribution is -2.10. The molecule has 0 saturated heterocycles. The molecule has 2 heterocycles. The molecule has 0 amide bonds. The van der Waals surface area contributed by atoms with E-state index in [4.69, 9.17) is 6.57 Å². The lowest BCUT2D eigenvalue weighted by Gasteiger charge is -2.20. The molecule has 52 heavy (non-hydrogen) atoms. The van der Waals surface area contributed by atoms with Crippen LogP contribution in [0.4, 0.5) is 5.69 Å². The zero-order valence-electron chi connectivity index (χ0n) is 32.9. The largest absolute Gasteiger partial charge is 0.319 e. The number of nitriles is 1. The number of hydrogen-bond donors (Lipinski definition) is 0. The topological polar surface area (TPSA) is 38.0 Å². The van der Waals surface area contributed by atoms with Crippen molar-refractivity contribution >= 4 is 49.3 Å². The number of nitrogens with zero attached hydrogens (tertiary/aromatic N) is 4. The first-order valence-corrected chi connectivity index (χ1v) is 18.4. The van der Waals surface area contributed by atoms with Gasteiger partial charge in [-0.05, 0) is 105 Å². The van der Waals surface area contributed by atoms with E-state index in [-0.39, 0.29) is 21.7 Å². The first-order valence-electron chi connectivity index (χ1n) is 18.4. The van der Waals surface area contributed by atoms with Gasteiger partial charge in [0, 0.05) is 21.5 Å². The quantitative estimate of drug-likeness (QED) is 0.167. The van der Waals surface area contributed by atoms with Gasteiger partial charge < -0.3 is 9.13 Å². The summed E-state index contributed by atoms with van der Waals surface area (Å²) in [4.78, 5) is 4.06. The van der Waals surface area contributed by atoms with Gasteiger partial charge >= 0.3 is 0 Å². The molecular formula is C48H50N4. The van der Waals surface area contributed by atoms with Crippen LogP contribution in [-0.2, 0) is 21.7 Å². The monoisotopic (exact) mass is 682 g/mol. The summed E-state index contributed by atoms with van der Waals surface area (Å²) < 4.78 is 4.48. The van der Waals surface area contributed by atoms with Gasteiger partial charge in [0.15, 0.2) is 0 Å². The molecule has 2 aromatic heterocycles. The van der Waals surface area contributed by atoms with E-state index in [1.165, 1.54) is 22.3 Å². The molecule has 0 aliphatic rings. The van der Waals surface area contributed by atoms with Crippen molar-refractivity contribution < 1.29 is 0 Å². The van der Waals surface area contributed by atoms with E-state index < -0.39 is 0 Å².